The number of rotatable bonds is 7. The predicted molar refractivity (Wildman–Crippen MR) is 130 cm³/mol. The van der Waals surface area contributed by atoms with E-state index in [1.165, 1.54) is 13.2 Å². The predicted octanol–water partition coefficient (Wildman–Crippen LogP) is 2.52. The SMILES string of the molecule is C=CCOC(=O)C1C(=O)C[C@H](CCC2C3(CCCC24OCCO4)OCCO3)[C@@]2(C(=O)OC)C(=O)CCC[C@@H]12. The van der Waals surface area contributed by atoms with Gasteiger partial charge >= 0.3 is 11.9 Å². The van der Waals surface area contributed by atoms with E-state index < -0.39 is 46.7 Å². The second kappa shape index (κ2) is 10.8. The third kappa shape index (κ3) is 4.24. The molecule has 5 aliphatic rings. The number of fused-ring (bicyclic) bond motifs is 1. The minimum Gasteiger partial charge on any atom is -0.468 e. The summed E-state index contributed by atoms with van der Waals surface area (Å²) >= 11 is 0. The summed E-state index contributed by atoms with van der Waals surface area (Å²) in [7, 11) is 1.25. The lowest BCUT2D eigenvalue weighted by Gasteiger charge is -2.52. The molecular weight excluding hydrogens is 496 g/mol. The van der Waals surface area contributed by atoms with Crippen LogP contribution in [0.1, 0.15) is 57.8 Å². The lowest BCUT2D eigenvalue weighted by atomic mass is 9.49. The van der Waals surface area contributed by atoms with Gasteiger partial charge in [-0.25, -0.2) is 0 Å². The molecule has 5 fully saturated rings. The van der Waals surface area contributed by atoms with Crippen LogP contribution in [-0.2, 0) is 47.6 Å². The summed E-state index contributed by atoms with van der Waals surface area (Å²) in [6, 6.07) is 0. The molecule has 2 aliphatic heterocycles. The summed E-state index contributed by atoms with van der Waals surface area (Å²) in [5, 5.41) is 0. The largest absolute Gasteiger partial charge is 0.468 e. The molecule has 1 unspecified atom stereocenters. The number of ether oxygens (including phenoxy) is 6. The summed E-state index contributed by atoms with van der Waals surface area (Å²) in [6.07, 6.45) is 5.41. The quantitative estimate of drug-likeness (QED) is 0.273. The van der Waals surface area contributed by atoms with Gasteiger partial charge in [0.15, 0.2) is 17.4 Å². The summed E-state index contributed by atoms with van der Waals surface area (Å²) in [5.74, 6) is -6.65. The standard InChI is InChI=1S/C28H38O10/c1-3-12-34-24(31)23-19-6-4-7-22(30)28(19,25(32)33-2)18(17-20(23)29)8-9-21-26(35-13-14-36-26)10-5-11-27(21)37-15-16-38-27/h3,18-19,21,23H,1,4-17H2,2H3/t18-,19-,23?,28-/m0/s1. The molecular formula is C28H38O10. The summed E-state index contributed by atoms with van der Waals surface area (Å²) in [5.41, 5.74) is -1.59. The first kappa shape index (κ1) is 27.4. The molecule has 0 aromatic carbocycles. The van der Waals surface area contributed by atoms with E-state index in [-0.39, 0.29) is 36.9 Å². The molecule has 0 radical (unpaired) electrons. The van der Waals surface area contributed by atoms with Gasteiger partial charge in [0.2, 0.25) is 0 Å². The van der Waals surface area contributed by atoms with E-state index in [9.17, 15) is 19.2 Å². The third-order valence-electron chi connectivity index (χ3n) is 9.39. The molecule has 0 amide bonds. The van der Waals surface area contributed by atoms with Crippen LogP contribution in [0.15, 0.2) is 12.7 Å². The van der Waals surface area contributed by atoms with Gasteiger partial charge in [0.25, 0.3) is 0 Å². The Bertz CT molecular complexity index is 929. The van der Waals surface area contributed by atoms with Crippen LogP contribution in [0.3, 0.4) is 0 Å². The van der Waals surface area contributed by atoms with E-state index in [1.54, 1.807) is 0 Å². The van der Waals surface area contributed by atoms with E-state index in [0.717, 1.165) is 6.42 Å². The molecule has 0 aromatic rings. The molecule has 3 saturated carbocycles. The molecule has 2 heterocycles. The minimum absolute atomic E-state index is 0.0518. The van der Waals surface area contributed by atoms with Crippen LogP contribution < -0.4 is 0 Å². The van der Waals surface area contributed by atoms with Gasteiger partial charge in [0.1, 0.15) is 23.7 Å². The van der Waals surface area contributed by atoms with E-state index >= 15 is 0 Å². The van der Waals surface area contributed by atoms with Crippen LogP contribution in [0.4, 0.5) is 0 Å². The molecule has 10 nitrogen and oxygen atoms in total. The molecule has 10 heteroatoms. The van der Waals surface area contributed by atoms with Crippen molar-refractivity contribution in [2.24, 2.45) is 29.1 Å². The van der Waals surface area contributed by atoms with Gasteiger partial charge in [-0.2, -0.15) is 0 Å². The maximum absolute atomic E-state index is 13.7. The molecule has 0 N–H and O–H groups in total. The van der Waals surface area contributed by atoms with Gasteiger partial charge in [-0.15, -0.1) is 0 Å². The minimum atomic E-state index is -1.59. The molecule has 5 rings (SSSR count). The zero-order valence-corrected chi connectivity index (χ0v) is 22.1. The third-order valence-corrected chi connectivity index (χ3v) is 9.39. The first-order valence-electron chi connectivity index (χ1n) is 13.8. The van der Waals surface area contributed by atoms with E-state index in [1.807, 2.05) is 0 Å². The number of Topliss-reactive ketones (excluding diaryl/α,β-unsaturated/α-hetero) is 2. The van der Waals surface area contributed by atoms with Crippen LogP contribution in [0.2, 0.25) is 0 Å². The van der Waals surface area contributed by atoms with Gasteiger partial charge in [-0.3, -0.25) is 19.2 Å². The molecule has 3 aliphatic carbocycles. The summed E-state index contributed by atoms with van der Waals surface area (Å²) in [4.78, 5) is 53.8. The van der Waals surface area contributed by atoms with Crippen molar-refractivity contribution >= 4 is 23.5 Å². The number of carbonyl (C=O) groups excluding carboxylic acids is 4. The van der Waals surface area contributed by atoms with Gasteiger partial charge < -0.3 is 28.4 Å². The number of methoxy groups -OCH3 is 1. The highest BCUT2D eigenvalue weighted by Gasteiger charge is 2.67. The zero-order valence-electron chi connectivity index (χ0n) is 22.1. The van der Waals surface area contributed by atoms with Gasteiger partial charge in [-0.05, 0) is 38.0 Å². The fourth-order valence-corrected chi connectivity index (χ4v) is 8.00. The Balaban J connectivity index is 1.49. The molecule has 2 saturated heterocycles. The Morgan fingerprint density at radius 1 is 1.00 bits per heavy atom. The van der Waals surface area contributed by atoms with Gasteiger partial charge in [-0.1, -0.05) is 12.7 Å². The Kier molecular flexibility index (Phi) is 7.79. The Labute approximate surface area is 222 Å². The van der Waals surface area contributed by atoms with Crippen molar-refractivity contribution in [1.29, 1.82) is 0 Å². The van der Waals surface area contributed by atoms with Gasteiger partial charge in [0, 0.05) is 31.6 Å². The number of ketones is 2. The van der Waals surface area contributed by atoms with Crippen LogP contribution in [0.5, 0.6) is 0 Å². The van der Waals surface area contributed by atoms with Crippen molar-refractivity contribution in [3.63, 3.8) is 0 Å². The van der Waals surface area contributed by atoms with Crippen molar-refractivity contribution in [2.75, 3.05) is 40.1 Å². The first-order chi connectivity index (χ1) is 18.3. The lowest BCUT2D eigenvalue weighted by molar-refractivity contribution is -0.320. The number of esters is 2. The number of hydrogen-bond acceptors (Lipinski definition) is 10. The lowest BCUT2D eigenvalue weighted by Crippen LogP contribution is -2.62. The van der Waals surface area contributed by atoms with Crippen LogP contribution in [-0.4, -0.2) is 75.2 Å². The van der Waals surface area contributed by atoms with E-state index in [2.05, 4.69) is 6.58 Å². The highest BCUT2D eigenvalue weighted by molar-refractivity contribution is 6.10. The van der Waals surface area contributed by atoms with Crippen LogP contribution in [0.25, 0.3) is 0 Å². The highest BCUT2D eigenvalue weighted by atomic mass is 16.8. The fraction of sp³-hybridized carbons (Fsp3) is 0.786. The average molecular weight is 535 g/mol. The maximum atomic E-state index is 13.7. The topological polar surface area (TPSA) is 124 Å². The van der Waals surface area contributed by atoms with Crippen molar-refractivity contribution in [3.8, 4) is 0 Å². The van der Waals surface area contributed by atoms with E-state index in [0.29, 0.717) is 65.0 Å². The van der Waals surface area contributed by atoms with Crippen molar-refractivity contribution in [2.45, 2.75) is 69.4 Å². The van der Waals surface area contributed by atoms with Crippen molar-refractivity contribution in [1.82, 2.24) is 0 Å². The first-order valence-corrected chi connectivity index (χ1v) is 13.8. The fourth-order valence-electron chi connectivity index (χ4n) is 8.00. The molecule has 0 aromatic heterocycles. The van der Waals surface area contributed by atoms with Crippen LogP contribution in [0, 0.1) is 29.1 Å². The van der Waals surface area contributed by atoms with Crippen LogP contribution >= 0.6 is 0 Å². The molecule has 2 spiro atoms. The second-order valence-corrected chi connectivity index (χ2v) is 11.0. The zero-order chi connectivity index (χ0) is 27.0. The molecule has 4 atom stereocenters. The maximum Gasteiger partial charge on any atom is 0.319 e. The Morgan fingerprint density at radius 2 is 1.63 bits per heavy atom. The molecule has 38 heavy (non-hydrogen) atoms. The summed E-state index contributed by atoms with van der Waals surface area (Å²) in [6.45, 7) is 5.38. The van der Waals surface area contributed by atoms with Gasteiger partial charge in [0.05, 0.1) is 39.5 Å². The van der Waals surface area contributed by atoms with E-state index in [4.69, 9.17) is 28.4 Å². The number of hydrogen-bond donors (Lipinski definition) is 0. The molecule has 0 bridgehead atoms. The summed E-state index contributed by atoms with van der Waals surface area (Å²) < 4.78 is 35.2. The molecule has 210 valence electrons. The second-order valence-electron chi connectivity index (χ2n) is 11.0. The monoisotopic (exact) mass is 534 g/mol. The van der Waals surface area contributed by atoms with Crippen molar-refractivity contribution in [3.05, 3.63) is 12.7 Å². The smallest absolute Gasteiger partial charge is 0.319 e. The Hall–Kier alpha value is -2.14. The normalized spacial score (nSPS) is 34.3. The Morgan fingerprint density at radius 3 is 2.21 bits per heavy atom. The number of carbonyl (C=O) groups is 4. The van der Waals surface area contributed by atoms with Crippen molar-refractivity contribution < 1.29 is 47.6 Å². The highest BCUT2D eigenvalue weighted by Crippen LogP contribution is 2.57. The average Bonchev–Trinajstić information content (AvgIpc) is 3.57.